The van der Waals surface area contributed by atoms with E-state index < -0.39 is 10.0 Å². The molecule has 0 bridgehead atoms. The summed E-state index contributed by atoms with van der Waals surface area (Å²) in [6.07, 6.45) is 5.49. The van der Waals surface area contributed by atoms with Crippen molar-refractivity contribution in [3.63, 3.8) is 0 Å². The van der Waals surface area contributed by atoms with Gasteiger partial charge >= 0.3 is 0 Å². The maximum absolute atomic E-state index is 12.0. The summed E-state index contributed by atoms with van der Waals surface area (Å²) in [7, 11) is -1.71. The highest BCUT2D eigenvalue weighted by Gasteiger charge is 2.33. The molecular formula is C13H17N3O4S. The van der Waals surface area contributed by atoms with Crippen LogP contribution in [0.15, 0.2) is 40.3 Å². The Bertz CT molecular complexity index is 693. The minimum atomic E-state index is -3.61. The number of aromatic nitrogens is 2. The molecule has 0 radical (unpaired) electrons. The highest BCUT2D eigenvalue weighted by Crippen LogP contribution is 2.33. The summed E-state index contributed by atoms with van der Waals surface area (Å²) in [4.78, 5) is 4.28. The SMILES string of the molecule is Cn1ccnc1[C@@H]1OCC[C@H]1CNS(=O)(=O)c1ccco1. The predicted molar refractivity (Wildman–Crippen MR) is 73.9 cm³/mol. The van der Waals surface area contributed by atoms with Crippen LogP contribution in [0.1, 0.15) is 18.3 Å². The second-order valence-corrected chi connectivity index (χ2v) is 6.72. The molecule has 1 fully saturated rings. The molecule has 8 heteroatoms. The summed E-state index contributed by atoms with van der Waals surface area (Å²) in [5.74, 6) is 0.866. The number of furan rings is 1. The molecule has 1 saturated heterocycles. The molecule has 21 heavy (non-hydrogen) atoms. The van der Waals surface area contributed by atoms with E-state index in [2.05, 4.69) is 9.71 Å². The minimum absolute atomic E-state index is 0.0517. The first kappa shape index (κ1) is 14.3. The fraction of sp³-hybridized carbons (Fsp3) is 0.462. The van der Waals surface area contributed by atoms with Gasteiger partial charge in [0.15, 0.2) is 0 Å². The van der Waals surface area contributed by atoms with Crippen molar-refractivity contribution in [2.75, 3.05) is 13.2 Å². The Morgan fingerprint density at radius 3 is 3.05 bits per heavy atom. The Kier molecular flexibility index (Phi) is 3.83. The number of aryl methyl sites for hydroxylation is 1. The topological polar surface area (TPSA) is 86.4 Å². The van der Waals surface area contributed by atoms with Crippen LogP contribution in [-0.4, -0.2) is 31.1 Å². The Labute approximate surface area is 123 Å². The molecular weight excluding hydrogens is 294 g/mol. The van der Waals surface area contributed by atoms with Gasteiger partial charge in [0.2, 0.25) is 5.09 Å². The van der Waals surface area contributed by atoms with Gasteiger partial charge in [-0.1, -0.05) is 0 Å². The van der Waals surface area contributed by atoms with E-state index in [4.69, 9.17) is 9.15 Å². The standard InChI is InChI=1S/C13H17N3O4S/c1-16-6-5-14-13(16)12-10(4-8-20-12)9-15-21(17,18)11-3-2-7-19-11/h2-3,5-7,10,12,15H,4,8-9H2,1H3/t10-,12+/m0/s1. The maximum atomic E-state index is 12.0. The summed E-state index contributed by atoms with van der Waals surface area (Å²) < 4.78 is 39.2. The van der Waals surface area contributed by atoms with Crippen molar-refractivity contribution < 1.29 is 17.6 Å². The molecule has 114 valence electrons. The van der Waals surface area contributed by atoms with Gasteiger partial charge in [0.1, 0.15) is 11.9 Å². The van der Waals surface area contributed by atoms with E-state index >= 15 is 0 Å². The third kappa shape index (κ3) is 2.87. The second-order valence-electron chi connectivity index (χ2n) is 5.02. The normalized spacial score (nSPS) is 22.7. The van der Waals surface area contributed by atoms with E-state index in [0.29, 0.717) is 13.2 Å². The maximum Gasteiger partial charge on any atom is 0.273 e. The van der Waals surface area contributed by atoms with Gasteiger partial charge in [0, 0.05) is 38.5 Å². The zero-order chi connectivity index (χ0) is 14.9. The quantitative estimate of drug-likeness (QED) is 0.892. The summed E-state index contributed by atoms with van der Waals surface area (Å²) in [6, 6.07) is 2.97. The monoisotopic (exact) mass is 311 g/mol. The van der Waals surface area contributed by atoms with Gasteiger partial charge in [-0.15, -0.1) is 0 Å². The molecule has 1 aliphatic heterocycles. The predicted octanol–water partition coefficient (Wildman–Crippen LogP) is 1.07. The number of hydrogen-bond donors (Lipinski definition) is 1. The van der Waals surface area contributed by atoms with Gasteiger partial charge < -0.3 is 13.7 Å². The van der Waals surface area contributed by atoms with Gasteiger partial charge in [0.05, 0.1) is 6.26 Å². The Balaban J connectivity index is 1.69. The van der Waals surface area contributed by atoms with E-state index in [1.165, 1.54) is 12.3 Å². The number of hydrogen-bond acceptors (Lipinski definition) is 5. The van der Waals surface area contributed by atoms with Crippen molar-refractivity contribution in [2.45, 2.75) is 17.6 Å². The minimum Gasteiger partial charge on any atom is -0.452 e. The van der Waals surface area contributed by atoms with Crippen LogP contribution in [-0.2, 0) is 21.8 Å². The lowest BCUT2D eigenvalue weighted by atomic mass is 10.0. The van der Waals surface area contributed by atoms with Crippen LogP contribution in [0.3, 0.4) is 0 Å². The second kappa shape index (κ2) is 5.63. The number of rotatable bonds is 5. The van der Waals surface area contributed by atoms with Gasteiger partial charge in [0.25, 0.3) is 10.0 Å². The highest BCUT2D eigenvalue weighted by molar-refractivity contribution is 7.89. The lowest BCUT2D eigenvalue weighted by molar-refractivity contribution is 0.0823. The van der Waals surface area contributed by atoms with Crippen LogP contribution in [0.25, 0.3) is 0 Å². The first-order valence-electron chi connectivity index (χ1n) is 6.70. The van der Waals surface area contributed by atoms with Crippen molar-refractivity contribution in [3.05, 3.63) is 36.6 Å². The average Bonchev–Trinajstić information content (AvgIpc) is 3.17. The number of nitrogens with one attached hydrogen (secondary N) is 1. The molecule has 3 heterocycles. The summed E-state index contributed by atoms with van der Waals surface area (Å²) in [6.45, 7) is 0.894. The smallest absolute Gasteiger partial charge is 0.273 e. The Morgan fingerprint density at radius 1 is 1.52 bits per heavy atom. The van der Waals surface area contributed by atoms with Gasteiger partial charge in [-0.05, 0) is 18.6 Å². The zero-order valence-electron chi connectivity index (χ0n) is 11.6. The van der Waals surface area contributed by atoms with Gasteiger partial charge in [-0.25, -0.2) is 18.1 Å². The number of ether oxygens (including phenoxy) is 1. The van der Waals surface area contributed by atoms with E-state index in [0.717, 1.165) is 12.2 Å². The Hall–Kier alpha value is -1.64. The van der Waals surface area contributed by atoms with Crippen LogP contribution < -0.4 is 4.72 Å². The van der Waals surface area contributed by atoms with Crippen LogP contribution in [0.5, 0.6) is 0 Å². The van der Waals surface area contributed by atoms with Crippen molar-refractivity contribution in [2.24, 2.45) is 13.0 Å². The van der Waals surface area contributed by atoms with Crippen molar-refractivity contribution >= 4 is 10.0 Å². The molecule has 0 aliphatic carbocycles. The summed E-state index contributed by atoms with van der Waals surface area (Å²) in [5, 5.41) is -0.0741. The molecule has 2 atom stereocenters. The number of sulfonamides is 1. The van der Waals surface area contributed by atoms with E-state index in [-0.39, 0.29) is 17.1 Å². The Morgan fingerprint density at radius 2 is 2.38 bits per heavy atom. The molecule has 0 saturated carbocycles. The molecule has 0 unspecified atom stereocenters. The van der Waals surface area contributed by atoms with E-state index in [9.17, 15) is 8.42 Å². The third-order valence-corrected chi connectivity index (χ3v) is 4.93. The molecule has 3 rings (SSSR count). The molecule has 0 amide bonds. The number of nitrogens with zero attached hydrogens (tertiary/aromatic N) is 2. The zero-order valence-corrected chi connectivity index (χ0v) is 12.4. The molecule has 0 spiro atoms. The first-order valence-corrected chi connectivity index (χ1v) is 8.18. The van der Waals surface area contributed by atoms with E-state index in [1.54, 1.807) is 12.3 Å². The van der Waals surface area contributed by atoms with Crippen molar-refractivity contribution in [1.82, 2.24) is 14.3 Å². The lowest BCUT2D eigenvalue weighted by Gasteiger charge is -2.18. The fourth-order valence-corrected chi connectivity index (χ4v) is 3.50. The molecule has 2 aromatic rings. The fourth-order valence-electron chi connectivity index (χ4n) is 2.48. The lowest BCUT2D eigenvalue weighted by Crippen LogP contribution is -2.31. The molecule has 7 nitrogen and oxygen atoms in total. The van der Waals surface area contributed by atoms with Crippen molar-refractivity contribution in [3.8, 4) is 0 Å². The summed E-state index contributed by atoms with van der Waals surface area (Å²) >= 11 is 0. The van der Waals surface area contributed by atoms with E-state index in [1.807, 2.05) is 17.8 Å². The molecule has 1 N–H and O–H groups in total. The van der Waals surface area contributed by atoms with Gasteiger partial charge in [-0.3, -0.25) is 0 Å². The molecule has 1 aliphatic rings. The first-order chi connectivity index (χ1) is 10.1. The number of imidazole rings is 1. The highest BCUT2D eigenvalue weighted by atomic mass is 32.2. The third-order valence-electron chi connectivity index (χ3n) is 3.62. The average molecular weight is 311 g/mol. The molecule has 2 aromatic heterocycles. The van der Waals surface area contributed by atoms with Gasteiger partial charge in [-0.2, -0.15) is 0 Å². The van der Waals surface area contributed by atoms with Crippen molar-refractivity contribution in [1.29, 1.82) is 0 Å². The molecule has 0 aromatic carbocycles. The van der Waals surface area contributed by atoms with Crippen LogP contribution >= 0.6 is 0 Å². The largest absolute Gasteiger partial charge is 0.452 e. The summed E-state index contributed by atoms with van der Waals surface area (Å²) in [5.41, 5.74) is 0. The van der Waals surface area contributed by atoms with Crippen LogP contribution in [0.4, 0.5) is 0 Å². The van der Waals surface area contributed by atoms with Crippen LogP contribution in [0.2, 0.25) is 0 Å². The van der Waals surface area contributed by atoms with Crippen LogP contribution in [0, 0.1) is 5.92 Å².